The van der Waals surface area contributed by atoms with Gasteiger partial charge in [0, 0.05) is 13.1 Å². The molecule has 21 heavy (non-hydrogen) atoms. The third-order valence-electron chi connectivity index (χ3n) is 1.48. The van der Waals surface area contributed by atoms with E-state index in [4.69, 9.17) is 40.2 Å². The van der Waals surface area contributed by atoms with Gasteiger partial charge < -0.3 is 26.3 Å². The summed E-state index contributed by atoms with van der Waals surface area (Å²) in [6.07, 6.45) is 0. The van der Waals surface area contributed by atoms with Gasteiger partial charge >= 0.3 is 10.4 Å². The van der Waals surface area contributed by atoms with Crippen LogP contribution in [0.4, 0.5) is 0 Å². The van der Waals surface area contributed by atoms with Crippen LogP contribution in [0, 0.1) is 0 Å². The molecule has 0 saturated carbocycles. The zero-order valence-corrected chi connectivity index (χ0v) is 15.1. The van der Waals surface area contributed by atoms with Crippen molar-refractivity contribution in [3.63, 3.8) is 0 Å². The molecule has 0 fully saturated rings. The van der Waals surface area contributed by atoms with Gasteiger partial charge in [-0.3, -0.25) is 9.11 Å². The standard InChI is InChI=1S/C6H13NOS.C3H7NOS.H3N.H2O4S/c1-4-7(5-2)6(9)8-3;1-2-5-3(4)6;;1-5(2,3)4/h4-5H2,1-3H3;2H2,1H3,(H2,4,6);1H3;(H2,1,2,3,4). The van der Waals surface area contributed by atoms with E-state index in [0.29, 0.717) is 11.8 Å². The van der Waals surface area contributed by atoms with Crippen molar-refractivity contribution < 1.29 is 27.0 Å². The number of nitrogens with two attached hydrogens (primary N) is 1. The van der Waals surface area contributed by atoms with Gasteiger partial charge in [0.25, 0.3) is 10.3 Å². The molecule has 9 nitrogen and oxygen atoms in total. The molecule has 0 bridgehead atoms. The Labute approximate surface area is 136 Å². The first-order valence-corrected chi connectivity index (χ1v) is 7.69. The van der Waals surface area contributed by atoms with Crippen LogP contribution in [0.1, 0.15) is 20.8 Å². The Balaban J connectivity index is -0.000000106. The van der Waals surface area contributed by atoms with Gasteiger partial charge in [0.15, 0.2) is 0 Å². The van der Waals surface area contributed by atoms with E-state index in [1.54, 1.807) is 7.11 Å². The molecule has 0 aliphatic rings. The summed E-state index contributed by atoms with van der Waals surface area (Å²) in [5.41, 5.74) is 4.91. The molecular weight excluding hydrogens is 342 g/mol. The molecule has 0 aliphatic heterocycles. The number of methoxy groups -OCH3 is 1. The van der Waals surface area contributed by atoms with Crippen LogP contribution < -0.4 is 11.9 Å². The van der Waals surface area contributed by atoms with Gasteiger partial charge in [-0.05, 0) is 45.2 Å². The van der Waals surface area contributed by atoms with Gasteiger partial charge in [0.1, 0.15) is 0 Å². The first-order chi connectivity index (χ1) is 9.03. The maximum atomic E-state index is 8.74. The minimum atomic E-state index is -4.67. The molecular formula is C9H25N3O6S3. The molecule has 0 rings (SSSR count). The lowest BCUT2D eigenvalue weighted by Crippen LogP contribution is -2.29. The molecule has 7 N–H and O–H groups in total. The summed E-state index contributed by atoms with van der Waals surface area (Å²) in [5, 5.41) is 0.706. The van der Waals surface area contributed by atoms with Crippen LogP contribution in [0.5, 0.6) is 0 Å². The first kappa shape index (κ1) is 28.4. The average molecular weight is 368 g/mol. The maximum Gasteiger partial charge on any atom is 0.394 e. The van der Waals surface area contributed by atoms with Crippen molar-refractivity contribution in [2.45, 2.75) is 20.8 Å². The fourth-order valence-corrected chi connectivity index (χ4v) is 1.13. The highest BCUT2D eigenvalue weighted by Gasteiger charge is 2.01. The zero-order chi connectivity index (χ0) is 16.8. The van der Waals surface area contributed by atoms with E-state index in [1.807, 2.05) is 11.8 Å². The predicted octanol–water partition coefficient (Wildman–Crippen LogP) is 1.04. The molecule has 0 radical (unpaired) electrons. The number of thiocarbonyl (C=S) groups is 2. The van der Waals surface area contributed by atoms with Gasteiger partial charge in [0.2, 0.25) is 0 Å². The van der Waals surface area contributed by atoms with E-state index in [0.717, 1.165) is 13.1 Å². The van der Waals surface area contributed by atoms with Crippen LogP contribution in [0.25, 0.3) is 0 Å². The fraction of sp³-hybridized carbons (Fsp3) is 0.778. The van der Waals surface area contributed by atoms with Gasteiger partial charge in [-0.2, -0.15) is 8.42 Å². The Morgan fingerprint density at radius 1 is 1.19 bits per heavy atom. The van der Waals surface area contributed by atoms with E-state index in [2.05, 4.69) is 30.8 Å². The van der Waals surface area contributed by atoms with Gasteiger partial charge in [-0.25, -0.2) is 0 Å². The number of nitrogens with zero attached hydrogens (tertiary/aromatic N) is 1. The van der Waals surface area contributed by atoms with Crippen molar-refractivity contribution in [3.05, 3.63) is 0 Å². The van der Waals surface area contributed by atoms with Crippen LogP contribution in [-0.2, 0) is 19.9 Å². The monoisotopic (exact) mass is 367 g/mol. The molecule has 0 aliphatic carbocycles. The Morgan fingerprint density at radius 3 is 1.57 bits per heavy atom. The average Bonchev–Trinajstić information content (AvgIpc) is 2.28. The van der Waals surface area contributed by atoms with Crippen LogP contribution in [0.3, 0.4) is 0 Å². The van der Waals surface area contributed by atoms with Crippen molar-refractivity contribution in [2.24, 2.45) is 5.73 Å². The number of ether oxygens (including phenoxy) is 2. The predicted molar refractivity (Wildman–Crippen MR) is 90.1 cm³/mol. The minimum Gasteiger partial charge on any atom is -0.474 e. The lowest BCUT2D eigenvalue weighted by atomic mass is 10.6. The largest absolute Gasteiger partial charge is 0.474 e. The van der Waals surface area contributed by atoms with E-state index in [-0.39, 0.29) is 11.3 Å². The Hall–Kier alpha value is -0.790. The quantitative estimate of drug-likeness (QED) is 0.417. The minimum absolute atomic E-state index is 0. The van der Waals surface area contributed by atoms with Crippen LogP contribution in [0.2, 0.25) is 0 Å². The molecule has 12 heteroatoms. The first-order valence-electron chi connectivity index (χ1n) is 5.48. The van der Waals surface area contributed by atoms with E-state index >= 15 is 0 Å². The van der Waals surface area contributed by atoms with Crippen molar-refractivity contribution >= 4 is 45.2 Å². The number of hydrogen-bond acceptors (Lipinski definition) is 7. The van der Waals surface area contributed by atoms with Gasteiger partial charge in [0.05, 0.1) is 13.7 Å². The van der Waals surface area contributed by atoms with E-state index in [1.165, 1.54) is 0 Å². The number of hydrogen-bond donors (Lipinski definition) is 4. The Kier molecular flexibility index (Phi) is 23.3. The molecule has 130 valence electrons. The van der Waals surface area contributed by atoms with Crippen LogP contribution >= 0.6 is 24.4 Å². The summed E-state index contributed by atoms with van der Waals surface area (Å²) in [4.78, 5) is 1.98. The van der Waals surface area contributed by atoms with Crippen molar-refractivity contribution in [3.8, 4) is 0 Å². The third-order valence-corrected chi connectivity index (χ3v) is 2.03. The van der Waals surface area contributed by atoms with Crippen LogP contribution in [-0.4, -0.2) is 59.6 Å². The second-order valence-corrected chi connectivity index (χ2v) is 4.49. The highest BCUT2D eigenvalue weighted by molar-refractivity contribution is 7.80. The summed E-state index contributed by atoms with van der Waals surface area (Å²) in [5.74, 6) is 0. The summed E-state index contributed by atoms with van der Waals surface area (Å²) in [7, 11) is -3.07. The fourth-order valence-electron chi connectivity index (χ4n) is 0.753. The van der Waals surface area contributed by atoms with Gasteiger partial charge in [-0.1, -0.05) is 0 Å². The molecule has 0 amide bonds. The topological polar surface area (TPSA) is 157 Å². The molecule has 0 atom stereocenters. The maximum absolute atomic E-state index is 8.74. The van der Waals surface area contributed by atoms with Crippen LogP contribution in [0.15, 0.2) is 0 Å². The number of rotatable bonds is 3. The highest BCUT2D eigenvalue weighted by atomic mass is 32.3. The van der Waals surface area contributed by atoms with E-state index in [9.17, 15) is 0 Å². The Bertz CT molecular complexity index is 352. The SMILES string of the molecule is CCN(CC)C(=S)OC.CCOC(N)=S.N.O=S(=O)(O)O. The summed E-state index contributed by atoms with van der Waals surface area (Å²) < 4.78 is 41.0. The van der Waals surface area contributed by atoms with Crippen molar-refractivity contribution in [1.82, 2.24) is 11.1 Å². The zero-order valence-electron chi connectivity index (χ0n) is 12.6. The smallest absolute Gasteiger partial charge is 0.394 e. The Morgan fingerprint density at radius 2 is 1.52 bits per heavy atom. The normalized spacial score (nSPS) is 8.67. The molecule has 0 saturated heterocycles. The second kappa shape index (κ2) is 17.3. The third kappa shape index (κ3) is 38.2. The highest BCUT2D eigenvalue weighted by Crippen LogP contribution is 1.90. The lowest BCUT2D eigenvalue weighted by Gasteiger charge is -2.19. The van der Waals surface area contributed by atoms with Crippen molar-refractivity contribution in [1.29, 1.82) is 0 Å². The summed E-state index contributed by atoms with van der Waals surface area (Å²) >= 11 is 9.23. The molecule has 0 heterocycles. The van der Waals surface area contributed by atoms with Gasteiger partial charge in [-0.15, -0.1) is 0 Å². The second-order valence-electron chi connectivity index (χ2n) is 2.84. The lowest BCUT2D eigenvalue weighted by molar-refractivity contribution is 0.309. The molecule has 0 aromatic rings. The van der Waals surface area contributed by atoms with Crippen molar-refractivity contribution in [2.75, 3.05) is 26.8 Å². The molecule has 0 unspecified atom stereocenters. The molecule has 0 aromatic heterocycles. The molecule has 0 aromatic carbocycles. The summed E-state index contributed by atoms with van der Waals surface area (Å²) in [6.45, 7) is 8.34. The summed E-state index contributed by atoms with van der Waals surface area (Å²) in [6, 6.07) is 0. The molecule has 0 spiro atoms. The van der Waals surface area contributed by atoms with E-state index < -0.39 is 10.4 Å².